The molecule has 0 aromatic carbocycles. The first-order valence-corrected chi connectivity index (χ1v) is 6.29. The van der Waals surface area contributed by atoms with Gasteiger partial charge in [-0.25, -0.2) is 9.78 Å². The Morgan fingerprint density at radius 1 is 1.42 bits per heavy atom. The van der Waals surface area contributed by atoms with Gasteiger partial charge < -0.3 is 10.4 Å². The van der Waals surface area contributed by atoms with Crippen LogP contribution < -0.4 is 5.32 Å². The summed E-state index contributed by atoms with van der Waals surface area (Å²) in [6.07, 6.45) is 8.74. The molecule has 2 rings (SSSR count). The molecule has 0 saturated carbocycles. The fourth-order valence-corrected chi connectivity index (χ4v) is 2.07. The third-order valence-electron chi connectivity index (χ3n) is 3.17. The van der Waals surface area contributed by atoms with Crippen molar-refractivity contribution in [2.45, 2.75) is 19.3 Å². The molecule has 0 spiro atoms. The molecule has 1 aromatic heterocycles. The molecule has 0 fully saturated rings. The second-order valence-corrected chi connectivity index (χ2v) is 4.60. The minimum Gasteiger partial charge on any atom is -0.477 e. The molecule has 1 heterocycles. The van der Waals surface area contributed by atoms with Crippen molar-refractivity contribution in [3.63, 3.8) is 0 Å². The summed E-state index contributed by atoms with van der Waals surface area (Å²) in [7, 11) is 0. The minimum absolute atomic E-state index is 0.117. The smallest absolute Gasteiger partial charge is 0.354 e. The number of carboxylic acid groups (broad SMARTS) is 1. The number of hydrogen-bond donors (Lipinski definition) is 2. The molecule has 2 N–H and O–H groups in total. The number of pyridine rings is 1. The Hall–Kier alpha value is -2.17. The van der Waals surface area contributed by atoms with E-state index in [1.807, 2.05) is 0 Å². The van der Waals surface area contributed by atoms with Crippen molar-refractivity contribution in [1.29, 1.82) is 0 Å². The van der Waals surface area contributed by atoms with Crippen molar-refractivity contribution in [2.24, 2.45) is 5.92 Å². The molecule has 1 aromatic rings. The first kappa shape index (κ1) is 13.3. The van der Waals surface area contributed by atoms with Crippen molar-refractivity contribution in [2.75, 3.05) is 6.54 Å². The summed E-state index contributed by atoms with van der Waals surface area (Å²) in [6.45, 7) is 0.619. The van der Waals surface area contributed by atoms with Gasteiger partial charge in [0.1, 0.15) is 5.69 Å². The van der Waals surface area contributed by atoms with Gasteiger partial charge in [0.15, 0.2) is 0 Å². The maximum Gasteiger partial charge on any atom is 0.354 e. The van der Waals surface area contributed by atoms with Gasteiger partial charge in [-0.1, -0.05) is 12.2 Å². The van der Waals surface area contributed by atoms with Gasteiger partial charge in [0.25, 0.3) is 5.91 Å². The second-order valence-electron chi connectivity index (χ2n) is 4.60. The standard InChI is InChI=1S/C14H16N2O3/c17-13(16-9-10-4-2-1-3-5-10)11-6-7-15-12(8-11)14(18)19/h1-2,6-8,10H,3-5,9H2,(H,16,17)(H,18,19). The summed E-state index contributed by atoms with van der Waals surface area (Å²) < 4.78 is 0. The Balaban J connectivity index is 1.94. The summed E-state index contributed by atoms with van der Waals surface area (Å²) in [6, 6.07) is 2.81. The fourth-order valence-electron chi connectivity index (χ4n) is 2.07. The van der Waals surface area contributed by atoms with Crippen LogP contribution in [0, 0.1) is 5.92 Å². The monoisotopic (exact) mass is 260 g/mol. The predicted octanol–water partition coefficient (Wildman–Crippen LogP) is 1.87. The lowest BCUT2D eigenvalue weighted by Crippen LogP contribution is -2.29. The minimum atomic E-state index is -1.13. The average Bonchev–Trinajstić information content (AvgIpc) is 2.46. The van der Waals surface area contributed by atoms with E-state index in [9.17, 15) is 9.59 Å². The molecule has 1 unspecified atom stereocenters. The second kappa shape index (κ2) is 6.13. The van der Waals surface area contributed by atoms with Crippen LogP contribution in [0.4, 0.5) is 0 Å². The lowest BCUT2D eigenvalue weighted by Gasteiger charge is -2.18. The zero-order valence-electron chi connectivity index (χ0n) is 10.5. The first-order chi connectivity index (χ1) is 9.16. The third-order valence-corrected chi connectivity index (χ3v) is 3.17. The summed E-state index contributed by atoms with van der Waals surface area (Å²) in [4.78, 5) is 26.4. The van der Waals surface area contributed by atoms with E-state index in [0.29, 0.717) is 18.0 Å². The van der Waals surface area contributed by atoms with Gasteiger partial charge in [-0.3, -0.25) is 4.79 Å². The van der Waals surface area contributed by atoms with Gasteiger partial charge in [0.2, 0.25) is 0 Å². The van der Waals surface area contributed by atoms with E-state index in [4.69, 9.17) is 5.11 Å². The van der Waals surface area contributed by atoms with Crippen LogP contribution in [-0.2, 0) is 0 Å². The average molecular weight is 260 g/mol. The number of amides is 1. The number of carboxylic acids is 1. The number of nitrogens with zero attached hydrogens (tertiary/aromatic N) is 1. The maximum absolute atomic E-state index is 11.9. The number of carbonyl (C=O) groups excluding carboxylic acids is 1. The normalized spacial score (nSPS) is 18.0. The van der Waals surface area contributed by atoms with Crippen molar-refractivity contribution in [3.05, 3.63) is 41.7 Å². The quantitative estimate of drug-likeness (QED) is 0.810. The van der Waals surface area contributed by atoms with E-state index in [0.717, 1.165) is 19.3 Å². The SMILES string of the molecule is O=C(NCC1CC=CCC1)c1ccnc(C(=O)O)c1. The van der Waals surface area contributed by atoms with E-state index in [-0.39, 0.29) is 11.6 Å². The number of carbonyl (C=O) groups is 2. The van der Waals surface area contributed by atoms with E-state index in [2.05, 4.69) is 22.5 Å². The highest BCUT2D eigenvalue weighted by Gasteiger charge is 2.14. The summed E-state index contributed by atoms with van der Waals surface area (Å²) in [5, 5.41) is 11.7. The van der Waals surface area contributed by atoms with Gasteiger partial charge >= 0.3 is 5.97 Å². The molecular weight excluding hydrogens is 244 g/mol. The lowest BCUT2D eigenvalue weighted by molar-refractivity contribution is 0.0690. The molecule has 0 aliphatic heterocycles. The summed E-state index contributed by atoms with van der Waals surface area (Å²) in [5.74, 6) is -0.916. The molecule has 1 aliphatic carbocycles. The van der Waals surface area contributed by atoms with E-state index >= 15 is 0 Å². The number of aromatic nitrogens is 1. The van der Waals surface area contributed by atoms with Crippen LogP contribution in [-0.4, -0.2) is 28.5 Å². The van der Waals surface area contributed by atoms with E-state index < -0.39 is 5.97 Å². The Kier molecular flexibility index (Phi) is 4.28. The Labute approximate surface area is 111 Å². The third kappa shape index (κ3) is 3.64. The molecular formula is C14H16N2O3. The molecule has 100 valence electrons. The molecule has 1 atom stereocenters. The van der Waals surface area contributed by atoms with Crippen molar-refractivity contribution in [3.8, 4) is 0 Å². The largest absolute Gasteiger partial charge is 0.477 e. The highest BCUT2D eigenvalue weighted by atomic mass is 16.4. The molecule has 0 bridgehead atoms. The number of aromatic carboxylic acids is 1. The molecule has 1 amide bonds. The highest BCUT2D eigenvalue weighted by molar-refractivity contribution is 5.96. The number of nitrogens with one attached hydrogen (secondary N) is 1. The zero-order chi connectivity index (χ0) is 13.7. The number of hydrogen-bond acceptors (Lipinski definition) is 3. The predicted molar refractivity (Wildman–Crippen MR) is 70.0 cm³/mol. The Morgan fingerprint density at radius 3 is 2.95 bits per heavy atom. The molecule has 0 radical (unpaired) electrons. The molecule has 5 nitrogen and oxygen atoms in total. The van der Waals surface area contributed by atoms with E-state index in [1.165, 1.54) is 18.3 Å². The topological polar surface area (TPSA) is 79.3 Å². The van der Waals surface area contributed by atoms with Gasteiger partial charge in [0, 0.05) is 18.3 Å². The van der Waals surface area contributed by atoms with E-state index in [1.54, 1.807) is 0 Å². The van der Waals surface area contributed by atoms with Crippen LogP contribution in [0.5, 0.6) is 0 Å². The van der Waals surface area contributed by atoms with Gasteiger partial charge in [-0.15, -0.1) is 0 Å². The molecule has 0 saturated heterocycles. The van der Waals surface area contributed by atoms with Crippen molar-refractivity contribution < 1.29 is 14.7 Å². The highest BCUT2D eigenvalue weighted by Crippen LogP contribution is 2.17. The fraction of sp³-hybridized carbons (Fsp3) is 0.357. The van der Waals surface area contributed by atoms with Gasteiger partial charge in [0.05, 0.1) is 0 Å². The zero-order valence-corrected chi connectivity index (χ0v) is 10.5. The Bertz CT molecular complexity index is 511. The molecule has 19 heavy (non-hydrogen) atoms. The maximum atomic E-state index is 11.9. The van der Waals surface area contributed by atoms with Crippen LogP contribution >= 0.6 is 0 Å². The number of rotatable bonds is 4. The van der Waals surface area contributed by atoms with Crippen LogP contribution in [0.2, 0.25) is 0 Å². The van der Waals surface area contributed by atoms with Gasteiger partial charge in [-0.05, 0) is 37.3 Å². The first-order valence-electron chi connectivity index (χ1n) is 6.29. The van der Waals surface area contributed by atoms with Crippen LogP contribution in [0.1, 0.15) is 40.1 Å². The Morgan fingerprint density at radius 2 is 2.26 bits per heavy atom. The summed E-state index contributed by atoms with van der Waals surface area (Å²) in [5.41, 5.74) is 0.215. The van der Waals surface area contributed by atoms with Crippen LogP contribution in [0.15, 0.2) is 30.5 Å². The van der Waals surface area contributed by atoms with Crippen molar-refractivity contribution >= 4 is 11.9 Å². The van der Waals surface area contributed by atoms with Crippen LogP contribution in [0.25, 0.3) is 0 Å². The van der Waals surface area contributed by atoms with Crippen molar-refractivity contribution in [1.82, 2.24) is 10.3 Å². The number of allylic oxidation sites excluding steroid dienone is 2. The van der Waals surface area contributed by atoms with Crippen LogP contribution in [0.3, 0.4) is 0 Å². The van der Waals surface area contributed by atoms with Gasteiger partial charge in [-0.2, -0.15) is 0 Å². The molecule has 5 heteroatoms. The summed E-state index contributed by atoms with van der Waals surface area (Å²) >= 11 is 0. The molecule has 1 aliphatic rings. The lowest BCUT2D eigenvalue weighted by atomic mass is 9.94.